The van der Waals surface area contributed by atoms with Gasteiger partial charge in [-0.3, -0.25) is 4.72 Å². The van der Waals surface area contributed by atoms with Gasteiger partial charge in [-0.15, -0.1) is 0 Å². The molecule has 7 heteroatoms. The number of hydrogen-bond donors (Lipinski definition) is 2. The highest BCUT2D eigenvalue weighted by molar-refractivity contribution is 7.93. The van der Waals surface area contributed by atoms with Crippen LogP contribution in [0.3, 0.4) is 0 Å². The minimum Gasteiger partial charge on any atom is -0.330 e. The zero-order valence-electron chi connectivity index (χ0n) is 10.2. The number of rotatable bonds is 5. The van der Waals surface area contributed by atoms with Crippen LogP contribution in [0.5, 0.6) is 0 Å². The molecule has 0 saturated heterocycles. The van der Waals surface area contributed by atoms with E-state index in [0.29, 0.717) is 6.54 Å². The summed E-state index contributed by atoms with van der Waals surface area (Å²) in [6, 6.07) is 6.20. The van der Waals surface area contributed by atoms with Crippen LogP contribution in [0.2, 0.25) is 0 Å². The van der Waals surface area contributed by atoms with E-state index in [0.717, 1.165) is 5.56 Å². The highest BCUT2D eigenvalue weighted by Crippen LogP contribution is 2.24. The number of nitrogens with two attached hydrogens (primary N) is 1. The van der Waals surface area contributed by atoms with Gasteiger partial charge in [0.15, 0.2) is 0 Å². The molecule has 1 aromatic rings. The largest absolute Gasteiger partial charge is 0.355 e. The molecule has 3 N–H and O–H groups in total. The van der Waals surface area contributed by atoms with Gasteiger partial charge in [-0.2, -0.15) is 8.78 Å². The molecule has 0 amide bonds. The van der Waals surface area contributed by atoms with Crippen LogP contribution in [0.25, 0.3) is 0 Å². The molecule has 0 unspecified atom stereocenters. The second-order valence-electron chi connectivity index (χ2n) is 4.57. The molecular formula is C11H16F2N2O2S. The molecule has 0 spiro atoms. The molecule has 0 aliphatic carbocycles. The van der Waals surface area contributed by atoms with E-state index in [1.807, 2.05) is 13.8 Å². The Morgan fingerprint density at radius 1 is 1.28 bits per heavy atom. The predicted molar refractivity (Wildman–Crippen MR) is 67.1 cm³/mol. The minimum atomic E-state index is -4.61. The summed E-state index contributed by atoms with van der Waals surface area (Å²) in [7, 11) is -4.61. The number of sulfonamides is 1. The number of halogens is 2. The van der Waals surface area contributed by atoms with Crippen LogP contribution in [0.1, 0.15) is 19.4 Å². The summed E-state index contributed by atoms with van der Waals surface area (Å²) in [6.45, 7) is 4.30. The van der Waals surface area contributed by atoms with Crippen molar-refractivity contribution in [3.63, 3.8) is 0 Å². The average Bonchev–Trinajstić information content (AvgIpc) is 2.29. The fraction of sp³-hybridized carbons (Fsp3) is 0.455. The van der Waals surface area contributed by atoms with Crippen molar-refractivity contribution in [2.45, 2.75) is 25.0 Å². The van der Waals surface area contributed by atoms with E-state index in [2.05, 4.69) is 0 Å². The summed E-state index contributed by atoms with van der Waals surface area (Å²) in [5.74, 6) is -3.45. The van der Waals surface area contributed by atoms with Gasteiger partial charge in [0.25, 0.3) is 10.0 Å². The van der Waals surface area contributed by atoms with Gasteiger partial charge >= 0.3 is 5.76 Å². The third kappa shape index (κ3) is 3.39. The zero-order chi connectivity index (χ0) is 14.0. The van der Waals surface area contributed by atoms with E-state index in [9.17, 15) is 17.2 Å². The first kappa shape index (κ1) is 14.8. The number of alkyl halides is 2. The second-order valence-corrected chi connectivity index (χ2v) is 6.22. The highest BCUT2D eigenvalue weighted by Gasteiger charge is 2.24. The van der Waals surface area contributed by atoms with Crippen molar-refractivity contribution in [2.24, 2.45) is 5.73 Å². The molecule has 0 heterocycles. The molecular weight excluding hydrogens is 262 g/mol. The molecule has 0 bridgehead atoms. The van der Waals surface area contributed by atoms with Crippen molar-refractivity contribution in [2.75, 3.05) is 11.3 Å². The Kier molecular flexibility index (Phi) is 4.28. The Morgan fingerprint density at radius 3 is 2.17 bits per heavy atom. The molecule has 0 saturated carbocycles. The van der Waals surface area contributed by atoms with Crippen LogP contribution in [0.4, 0.5) is 14.5 Å². The molecule has 1 aromatic carbocycles. The Bertz CT molecular complexity index is 498. The smallest absolute Gasteiger partial charge is 0.330 e. The van der Waals surface area contributed by atoms with Gasteiger partial charge in [0.05, 0.1) is 0 Å². The predicted octanol–water partition coefficient (Wildman–Crippen LogP) is 1.89. The van der Waals surface area contributed by atoms with E-state index in [1.54, 1.807) is 16.9 Å². The lowest BCUT2D eigenvalue weighted by atomic mass is 9.85. The maximum absolute atomic E-state index is 12.2. The SMILES string of the molecule is CC(C)(CN)c1ccc(NS(=O)(=O)C(F)F)cc1. The molecule has 0 atom stereocenters. The van der Waals surface area contributed by atoms with E-state index in [-0.39, 0.29) is 11.1 Å². The molecule has 0 fully saturated rings. The molecule has 102 valence electrons. The van der Waals surface area contributed by atoms with E-state index < -0.39 is 15.8 Å². The summed E-state index contributed by atoms with van der Waals surface area (Å²) in [5, 5.41) is 0. The lowest BCUT2D eigenvalue weighted by Crippen LogP contribution is -2.28. The summed E-state index contributed by atoms with van der Waals surface area (Å²) in [6.07, 6.45) is 0. The zero-order valence-corrected chi connectivity index (χ0v) is 11.0. The van der Waals surface area contributed by atoms with E-state index in [4.69, 9.17) is 5.73 Å². The van der Waals surface area contributed by atoms with Gasteiger partial charge in [-0.25, -0.2) is 8.42 Å². The van der Waals surface area contributed by atoms with Crippen molar-refractivity contribution < 1.29 is 17.2 Å². The Labute approximate surface area is 105 Å². The third-order valence-electron chi connectivity index (χ3n) is 2.67. The quantitative estimate of drug-likeness (QED) is 0.864. The summed E-state index contributed by atoms with van der Waals surface area (Å²) in [5.41, 5.74) is 6.37. The van der Waals surface area contributed by atoms with Crippen LogP contribution in [-0.4, -0.2) is 20.7 Å². The number of hydrogen-bond acceptors (Lipinski definition) is 3. The monoisotopic (exact) mass is 278 g/mol. The number of anilines is 1. The standard InChI is InChI=1S/C11H16F2N2O2S/c1-11(2,7-14)8-3-5-9(6-4-8)15-18(16,17)10(12)13/h3-6,10,15H,7,14H2,1-2H3. The first-order valence-electron chi connectivity index (χ1n) is 5.29. The van der Waals surface area contributed by atoms with Gasteiger partial charge < -0.3 is 5.73 Å². The molecule has 1 rings (SSSR count). The molecule has 0 aromatic heterocycles. The van der Waals surface area contributed by atoms with Gasteiger partial charge in [-0.05, 0) is 17.7 Å². The summed E-state index contributed by atoms with van der Waals surface area (Å²) < 4.78 is 48.0. The van der Waals surface area contributed by atoms with Crippen molar-refractivity contribution in [1.29, 1.82) is 0 Å². The molecule has 0 aliphatic rings. The lowest BCUT2D eigenvalue weighted by molar-refractivity contribution is 0.236. The van der Waals surface area contributed by atoms with Crippen LogP contribution in [0.15, 0.2) is 24.3 Å². The average molecular weight is 278 g/mol. The van der Waals surface area contributed by atoms with Crippen LogP contribution >= 0.6 is 0 Å². The maximum Gasteiger partial charge on any atom is 0.355 e. The Balaban J connectivity index is 2.92. The third-order valence-corrected chi connectivity index (χ3v) is 3.66. The molecule has 0 aliphatic heterocycles. The van der Waals surface area contributed by atoms with Crippen LogP contribution in [-0.2, 0) is 15.4 Å². The van der Waals surface area contributed by atoms with Gasteiger partial charge in [0.1, 0.15) is 0 Å². The van der Waals surface area contributed by atoms with Crippen molar-refractivity contribution in [3.8, 4) is 0 Å². The number of benzene rings is 1. The van der Waals surface area contributed by atoms with E-state index >= 15 is 0 Å². The fourth-order valence-corrected chi connectivity index (χ4v) is 1.87. The maximum atomic E-state index is 12.2. The van der Waals surface area contributed by atoms with Gasteiger partial charge in [0.2, 0.25) is 0 Å². The summed E-state index contributed by atoms with van der Waals surface area (Å²) >= 11 is 0. The van der Waals surface area contributed by atoms with Gasteiger partial charge in [0, 0.05) is 17.6 Å². The van der Waals surface area contributed by atoms with Crippen molar-refractivity contribution >= 4 is 15.7 Å². The molecule has 18 heavy (non-hydrogen) atoms. The minimum absolute atomic E-state index is 0.104. The topological polar surface area (TPSA) is 72.2 Å². The fourth-order valence-electron chi connectivity index (χ4n) is 1.32. The summed E-state index contributed by atoms with van der Waals surface area (Å²) in [4.78, 5) is 0. The van der Waals surface area contributed by atoms with Crippen LogP contribution < -0.4 is 10.5 Å². The molecule has 0 radical (unpaired) electrons. The molecule has 4 nitrogen and oxygen atoms in total. The second kappa shape index (κ2) is 5.19. The van der Waals surface area contributed by atoms with Crippen molar-refractivity contribution in [1.82, 2.24) is 0 Å². The normalized spacial score (nSPS) is 12.8. The first-order valence-corrected chi connectivity index (χ1v) is 6.84. The van der Waals surface area contributed by atoms with Crippen molar-refractivity contribution in [3.05, 3.63) is 29.8 Å². The van der Waals surface area contributed by atoms with Crippen LogP contribution in [0, 0.1) is 0 Å². The Morgan fingerprint density at radius 2 is 1.78 bits per heavy atom. The lowest BCUT2D eigenvalue weighted by Gasteiger charge is -2.23. The number of nitrogens with one attached hydrogen (secondary N) is 1. The van der Waals surface area contributed by atoms with E-state index in [1.165, 1.54) is 12.1 Å². The Hall–Kier alpha value is -1.21. The first-order chi connectivity index (χ1) is 8.19. The van der Waals surface area contributed by atoms with Gasteiger partial charge in [-0.1, -0.05) is 26.0 Å². The highest BCUT2D eigenvalue weighted by atomic mass is 32.2.